The summed E-state index contributed by atoms with van der Waals surface area (Å²) in [5.41, 5.74) is 5.30. The first kappa shape index (κ1) is 13.3. The second-order valence-corrected chi connectivity index (χ2v) is 5.29. The molecule has 0 saturated carbocycles. The Morgan fingerprint density at radius 1 is 1.56 bits per heavy atom. The van der Waals surface area contributed by atoms with Gasteiger partial charge in [0.2, 0.25) is 0 Å². The zero-order chi connectivity index (χ0) is 12.3. The lowest BCUT2D eigenvalue weighted by atomic mass is 9.99. The van der Waals surface area contributed by atoms with Crippen molar-refractivity contribution in [3.63, 3.8) is 0 Å². The van der Waals surface area contributed by atoms with Crippen LogP contribution in [-0.4, -0.2) is 46.9 Å². The van der Waals surface area contributed by atoms with Gasteiger partial charge in [-0.1, -0.05) is 0 Å². The summed E-state index contributed by atoms with van der Waals surface area (Å²) < 4.78 is 5.28. The van der Waals surface area contributed by atoms with E-state index in [1.54, 1.807) is 4.90 Å². The van der Waals surface area contributed by atoms with E-state index in [-0.39, 0.29) is 24.8 Å². The van der Waals surface area contributed by atoms with Crippen LogP contribution in [0.2, 0.25) is 0 Å². The van der Waals surface area contributed by atoms with Crippen LogP contribution in [0.1, 0.15) is 33.6 Å². The average Bonchev–Trinajstić information content (AvgIpc) is 2.14. The molecule has 0 aliphatic carbocycles. The zero-order valence-electron chi connectivity index (χ0n) is 10.3. The lowest BCUT2D eigenvalue weighted by Crippen LogP contribution is -2.52. The molecule has 0 bridgehead atoms. The van der Waals surface area contributed by atoms with Crippen LogP contribution >= 0.6 is 0 Å². The Kier molecular flexibility index (Phi) is 4.15. The van der Waals surface area contributed by atoms with E-state index in [1.165, 1.54) is 0 Å². The van der Waals surface area contributed by atoms with Crippen molar-refractivity contribution in [3.8, 4) is 0 Å². The molecular weight excluding hydrogens is 208 g/mol. The molecule has 0 unspecified atom stereocenters. The van der Waals surface area contributed by atoms with Crippen molar-refractivity contribution in [1.82, 2.24) is 4.90 Å². The summed E-state index contributed by atoms with van der Waals surface area (Å²) in [6.07, 6.45) is 1.03. The van der Waals surface area contributed by atoms with Gasteiger partial charge in [0.05, 0.1) is 12.6 Å². The molecule has 5 heteroatoms. The van der Waals surface area contributed by atoms with E-state index < -0.39 is 5.60 Å². The van der Waals surface area contributed by atoms with Crippen LogP contribution in [0.5, 0.6) is 0 Å². The summed E-state index contributed by atoms with van der Waals surface area (Å²) in [5.74, 6) is 0. The number of rotatable bonds is 1. The van der Waals surface area contributed by atoms with Crippen molar-refractivity contribution in [2.45, 2.75) is 51.3 Å². The normalized spacial score (nSPS) is 26.7. The minimum absolute atomic E-state index is 0.0626. The molecule has 1 aliphatic rings. The number of hydrogen-bond acceptors (Lipinski definition) is 4. The Bertz CT molecular complexity index is 250. The lowest BCUT2D eigenvalue weighted by Gasteiger charge is -2.38. The maximum absolute atomic E-state index is 11.8. The highest BCUT2D eigenvalue weighted by atomic mass is 16.6. The van der Waals surface area contributed by atoms with Crippen LogP contribution < -0.4 is 5.73 Å². The van der Waals surface area contributed by atoms with Crippen molar-refractivity contribution in [3.05, 3.63) is 0 Å². The van der Waals surface area contributed by atoms with Gasteiger partial charge >= 0.3 is 6.09 Å². The van der Waals surface area contributed by atoms with Crippen molar-refractivity contribution in [2.75, 3.05) is 13.2 Å². The SMILES string of the molecule is CC(C)(C)OC(=O)N1CC[C@@H](N)C[C@H]1CO. The largest absolute Gasteiger partial charge is 0.444 e. The summed E-state index contributed by atoms with van der Waals surface area (Å²) in [5, 5.41) is 9.22. The fourth-order valence-corrected chi connectivity index (χ4v) is 1.82. The Morgan fingerprint density at radius 3 is 2.69 bits per heavy atom. The molecule has 1 aliphatic heterocycles. The highest BCUT2D eigenvalue weighted by Crippen LogP contribution is 2.19. The summed E-state index contributed by atoms with van der Waals surface area (Å²) in [6, 6.07) is -0.144. The Hall–Kier alpha value is -0.810. The predicted octanol–water partition coefficient (Wildman–Crippen LogP) is 0.705. The van der Waals surface area contributed by atoms with E-state index in [0.29, 0.717) is 13.0 Å². The number of nitrogens with zero attached hydrogens (tertiary/aromatic N) is 1. The maximum atomic E-state index is 11.8. The van der Waals surface area contributed by atoms with Crippen molar-refractivity contribution < 1.29 is 14.6 Å². The lowest BCUT2D eigenvalue weighted by molar-refractivity contribution is -0.0000619. The molecule has 5 nitrogen and oxygen atoms in total. The fourth-order valence-electron chi connectivity index (χ4n) is 1.82. The Balaban J connectivity index is 2.60. The number of piperidine rings is 1. The third-order valence-corrected chi connectivity index (χ3v) is 2.60. The summed E-state index contributed by atoms with van der Waals surface area (Å²) in [7, 11) is 0. The number of hydrogen-bond donors (Lipinski definition) is 2. The standard InChI is InChI=1S/C11H22N2O3/c1-11(2,3)16-10(15)13-5-4-8(12)6-9(13)7-14/h8-9,14H,4-7,12H2,1-3H3/t8-,9+/m1/s1. The van der Waals surface area contributed by atoms with Crippen LogP contribution in [0.4, 0.5) is 4.79 Å². The van der Waals surface area contributed by atoms with E-state index in [2.05, 4.69) is 0 Å². The van der Waals surface area contributed by atoms with Crippen LogP contribution in [0, 0.1) is 0 Å². The molecule has 3 N–H and O–H groups in total. The molecule has 0 radical (unpaired) electrons. The molecule has 0 spiro atoms. The molecule has 0 aromatic carbocycles. The highest BCUT2D eigenvalue weighted by molar-refractivity contribution is 5.68. The second-order valence-electron chi connectivity index (χ2n) is 5.29. The molecular formula is C11H22N2O3. The molecule has 0 aromatic heterocycles. The molecule has 1 fully saturated rings. The predicted molar refractivity (Wildman–Crippen MR) is 61.0 cm³/mol. The summed E-state index contributed by atoms with van der Waals surface area (Å²) in [4.78, 5) is 13.4. The number of aliphatic hydroxyl groups is 1. The van der Waals surface area contributed by atoms with E-state index >= 15 is 0 Å². The third kappa shape index (κ3) is 3.64. The maximum Gasteiger partial charge on any atom is 0.410 e. The molecule has 1 amide bonds. The minimum atomic E-state index is -0.503. The number of ether oxygens (including phenoxy) is 1. The van der Waals surface area contributed by atoms with E-state index in [1.807, 2.05) is 20.8 Å². The van der Waals surface area contributed by atoms with Gasteiger partial charge in [0.1, 0.15) is 5.60 Å². The van der Waals surface area contributed by atoms with Gasteiger partial charge in [0, 0.05) is 12.6 Å². The molecule has 0 aromatic rings. The number of likely N-dealkylation sites (tertiary alicyclic amines) is 1. The van der Waals surface area contributed by atoms with Gasteiger partial charge in [0.25, 0.3) is 0 Å². The molecule has 1 heterocycles. The topological polar surface area (TPSA) is 75.8 Å². The van der Waals surface area contributed by atoms with E-state index in [4.69, 9.17) is 10.5 Å². The van der Waals surface area contributed by atoms with Crippen LogP contribution in [0.25, 0.3) is 0 Å². The van der Waals surface area contributed by atoms with Crippen molar-refractivity contribution >= 4 is 6.09 Å². The van der Waals surface area contributed by atoms with Crippen molar-refractivity contribution in [2.24, 2.45) is 5.73 Å². The highest BCUT2D eigenvalue weighted by Gasteiger charge is 2.32. The van der Waals surface area contributed by atoms with E-state index in [9.17, 15) is 9.90 Å². The first-order chi connectivity index (χ1) is 7.33. The quantitative estimate of drug-likeness (QED) is 0.695. The second kappa shape index (κ2) is 5.01. The number of carbonyl (C=O) groups is 1. The monoisotopic (exact) mass is 230 g/mol. The molecule has 1 saturated heterocycles. The van der Waals surface area contributed by atoms with Crippen molar-refractivity contribution in [1.29, 1.82) is 0 Å². The van der Waals surface area contributed by atoms with Gasteiger partial charge in [-0.3, -0.25) is 0 Å². The molecule has 2 atom stereocenters. The molecule has 94 valence electrons. The van der Waals surface area contributed by atoms with Crippen LogP contribution in [0.15, 0.2) is 0 Å². The van der Waals surface area contributed by atoms with Gasteiger partial charge in [-0.15, -0.1) is 0 Å². The molecule has 1 rings (SSSR count). The number of nitrogens with two attached hydrogens (primary N) is 1. The summed E-state index contributed by atoms with van der Waals surface area (Å²) >= 11 is 0. The first-order valence-corrected chi connectivity index (χ1v) is 5.69. The van der Waals surface area contributed by atoms with Crippen LogP contribution in [-0.2, 0) is 4.74 Å². The fraction of sp³-hybridized carbons (Fsp3) is 0.909. The minimum Gasteiger partial charge on any atom is -0.444 e. The average molecular weight is 230 g/mol. The Morgan fingerprint density at radius 2 is 2.19 bits per heavy atom. The first-order valence-electron chi connectivity index (χ1n) is 5.69. The number of aliphatic hydroxyl groups excluding tert-OH is 1. The molecule has 16 heavy (non-hydrogen) atoms. The Labute approximate surface area is 96.6 Å². The van der Waals surface area contributed by atoms with E-state index in [0.717, 1.165) is 6.42 Å². The van der Waals surface area contributed by atoms with Gasteiger partial charge in [-0.25, -0.2) is 4.79 Å². The number of carbonyl (C=O) groups excluding carboxylic acids is 1. The summed E-state index contributed by atoms with van der Waals surface area (Å²) in [6.45, 7) is 5.98. The van der Waals surface area contributed by atoms with Gasteiger partial charge in [-0.2, -0.15) is 0 Å². The van der Waals surface area contributed by atoms with Gasteiger partial charge < -0.3 is 20.5 Å². The third-order valence-electron chi connectivity index (χ3n) is 2.60. The van der Waals surface area contributed by atoms with Crippen LogP contribution in [0.3, 0.4) is 0 Å². The van der Waals surface area contributed by atoms with Gasteiger partial charge in [0.15, 0.2) is 0 Å². The number of amides is 1. The smallest absolute Gasteiger partial charge is 0.410 e. The van der Waals surface area contributed by atoms with Gasteiger partial charge in [-0.05, 0) is 33.6 Å². The zero-order valence-corrected chi connectivity index (χ0v) is 10.3.